The predicted octanol–water partition coefficient (Wildman–Crippen LogP) is -1.20. The summed E-state index contributed by atoms with van der Waals surface area (Å²) in [6, 6.07) is 0. The van der Waals surface area contributed by atoms with E-state index < -0.39 is 5.91 Å². The lowest BCUT2D eigenvalue weighted by molar-refractivity contribution is -0.114. The van der Waals surface area contributed by atoms with Crippen molar-refractivity contribution in [1.82, 2.24) is 5.32 Å². The lowest BCUT2D eigenvalue weighted by Gasteiger charge is -2.10. The van der Waals surface area contributed by atoms with Crippen LogP contribution in [0.5, 0.6) is 0 Å². The maximum atomic E-state index is 10.5. The highest BCUT2D eigenvalue weighted by atomic mass is 16.1. The molecule has 10 heavy (non-hydrogen) atoms. The van der Waals surface area contributed by atoms with E-state index in [0.717, 1.165) is 0 Å². The van der Waals surface area contributed by atoms with Crippen LogP contribution >= 0.6 is 0 Å². The van der Waals surface area contributed by atoms with Gasteiger partial charge in [0.05, 0.1) is 5.82 Å². The van der Waals surface area contributed by atoms with Gasteiger partial charge in [-0.3, -0.25) is 4.79 Å². The van der Waals surface area contributed by atoms with Crippen molar-refractivity contribution >= 4 is 5.91 Å². The molecule has 1 aliphatic heterocycles. The predicted molar refractivity (Wildman–Crippen MR) is 37.6 cm³/mol. The van der Waals surface area contributed by atoms with Gasteiger partial charge in [0.2, 0.25) is 5.91 Å². The number of primary amides is 1. The molecule has 0 saturated heterocycles. The summed E-state index contributed by atoms with van der Waals surface area (Å²) < 4.78 is 0. The molecule has 0 aromatic heterocycles. The van der Waals surface area contributed by atoms with Gasteiger partial charge in [-0.15, -0.1) is 0 Å². The molecular formula is C6H9N3O. The molecule has 0 radical (unpaired) electrons. The Balaban J connectivity index is 2.74. The average molecular weight is 139 g/mol. The van der Waals surface area contributed by atoms with Gasteiger partial charge < -0.3 is 16.8 Å². The number of allylic oxidation sites excluding steroid dienone is 2. The van der Waals surface area contributed by atoms with Crippen LogP contribution in [-0.2, 0) is 4.79 Å². The van der Waals surface area contributed by atoms with Crippen molar-refractivity contribution in [3.05, 3.63) is 23.5 Å². The summed E-state index contributed by atoms with van der Waals surface area (Å²) in [6.07, 6.45) is 3.23. The molecule has 0 fully saturated rings. The zero-order chi connectivity index (χ0) is 7.56. The molecule has 0 aromatic rings. The Morgan fingerprint density at radius 1 is 1.60 bits per heavy atom. The quantitative estimate of drug-likeness (QED) is 0.427. The number of nitrogens with two attached hydrogens (primary N) is 2. The second-order valence-electron chi connectivity index (χ2n) is 2.03. The number of nitrogens with one attached hydrogen (secondary N) is 1. The van der Waals surface area contributed by atoms with E-state index >= 15 is 0 Å². The standard InChI is InChI=1S/C6H9N3O/c7-5-2-1-4(3-9-5)6(8)10/h1-2,9H,3,7H2,(H2,8,10). The minimum Gasteiger partial charge on any atom is -0.386 e. The van der Waals surface area contributed by atoms with Crippen LogP contribution in [0.25, 0.3) is 0 Å². The topological polar surface area (TPSA) is 81.1 Å². The monoisotopic (exact) mass is 139 g/mol. The van der Waals surface area contributed by atoms with Gasteiger partial charge in [0.1, 0.15) is 0 Å². The van der Waals surface area contributed by atoms with E-state index in [1.807, 2.05) is 0 Å². The second-order valence-corrected chi connectivity index (χ2v) is 2.03. The molecule has 5 N–H and O–H groups in total. The first kappa shape index (κ1) is 6.67. The highest BCUT2D eigenvalue weighted by molar-refractivity contribution is 5.92. The fourth-order valence-corrected chi connectivity index (χ4v) is 0.675. The van der Waals surface area contributed by atoms with Crippen molar-refractivity contribution in [2.75, 3.05) is 6.54 Å². The summed E-state index contributed by atoms with van der Waals surface area (Å²) in [5, 5.41) is 2.78. The Labute approximate surface area is 58.6 Å². The summed E-state index contributed by atoms with van der Waals surface area (Å²) in [6.45, 7) is 0.428. The highest BCUT2D eigenvalue weighted by Crippen LogP contribution is 1.98. The second kappa shape index (κ2) is 2.43. The third-order valence-corrected chi connectivity index (χ3v) is 1.26. The van der Waals surface area contributed by atoms with Gasteiger partial charge in [-0.25, -0.2) is 0 Å². The van der Waals surface area contributed by atoms with Crippen molar-refractivity contribution in [2.45, 2.75) is 0 Å². The van der Waals surface area contributed by atoms with Crippen molar-refractivity contribution in [1.29, 1.82) is 0 Å². The third-order valence-electron chi connectivity index (χ3n) is 1.26. The minimum atomic E-state index is -0.406. The molecule has 0 unspecified atom stereocenters. The minimum absolute atomic E-state index is 0.406. The van der Waals surface area contributed by atoms with Crippen molar-refractivity contribution < 1.29 is 4.79 Å². The Morgan fingerprint density at radius 3 is 2.70 bits per heavy atom. The van der Waals surface area contributed by atoms with E-state index in [9.17, 15) is 4.79 Å². The summed E-state index contributed by atoms with van der Waals surface area (Å²) in [4.78, 5) is 10.5. The number of amides is 1. The number of carbonyl (C=O) groups excluding carboxylic acids is 1. The zero-order valence-corrected chi connectivity index (χ0v) is 5.42. The molecule has 4 nitrogen and oxygen atoms in total. The van der Waals surface area contributed by atoms with Crippen molar-refractivity contribution in [2.24, 2.45) is 11.5 Å². The maximum absolute atomic E-state index is 10.5. The molecule has 0 spiro atoms. The molecule has 0 saturated carbocycles. The Morgan fingerprint density at radius 2 is 2.30 bits per heavy atom. The van der Waals surface area contributed by atoms with E-state index in [2.05, 4.69) is 5.32 Å². The van der Waals surface area contributed by atoms with E-state index in [-0.39, 0.29) is 0 Å². The Hall–Kier alpha value is -1.45. The summed E-state index contributed by atoms with van der Waals surface area (Å²) >= 11 is 0. The number of hydrogen-bond donors (Lipinski definition) is 3. The largest absolute Gasteiger partial charge is 0.386 e. The average Bonchev–Trinajstić information content (AvgIpc) is 1.88. The van der Waals surface area contributed by atoms with Crippen LogP contribution in [-0.4, -0.2) is 12.5 Å². The normalized spacial score (nSPS) is 16.8. The van der Waals surface area contributed by atoms with Gasteiger partial charge in [0, 0.05) is 12.1 Å². The third kappa shape index (κ3) is 1.28. The van der Waals surface area contributed by atoms with Gasteiger partial charge in [-0.1, -0.05) is 0 Å². The molecular weight excluding hydrogens is 130 g/mol. The Kier molecular flexibility index (Phi) is 1.62. The van der Waals surface area contributed by atoms with Crippen LogP contribution < -0.4 is 16.8 Å². The highest BCUT2D eigenvalue weighted by Gasteiger charge is 2.06. The molecule has 0 atom stereocenters. The van der Waals surface area contributed by atoms with Gasteiger partial charge in [0.25, 0.3) is 0 Å². The lowest BCUT2D eigenvalue weighted by Crippen LogP contribution is -2.30. The van der Waals surface area contributed by atoms with Crippen molar-refractivity contribution in [3.8, 4) is 0 Å². The molecule has 4 heteroatoms. The fraction of sp³-hybridized carbons (Fsp3) is 0.167. The SMILES string of the molecule is NC(=O)C1=CC=C(N)NC1. The van der Waals surface area contributed by atoms with Crippen LogP contribution in [0.1, 0.15) is 0 Å². The lowest BCUT2D eigenvalue weighted by atomic mass is 10.2. The first-order valence-corrected chi connectivity index (χ1v) is 2.90. The molecule has 1 amide bonds. The fourth-order valence-electron chi connectivity index (χ4n) is 0.675. The summed E-state index contributed by atoms with van der Waals surface area (Å²) in [7, 11) is 0. The van der Waals surface area contributed by atoms with Crippen LogP contribution in [0.15, 0.2) is 23.5 Å². The molecule has 1 heterocycles. The van der Waals surface area contributed by atoms with Crippen LogP contribution in [0.2, 0.25) is 0 Å². The van der Waals surface area contributed by atoms with Gasteiger partial charge >= 0.3 is 0 Å². The smallest absolute Gasteiger partial charge is 0.246 e. The molecule has 1 rings (SSSR count). The van der Waals surface area contributed by atoms with E-state index in [4.69, 9.17) is 11.5 Å². The molecule has 0 aliphatic carbocycles. The first-order valence-electron chi connectivity index (χ1n) is 2.90. The van der Waals surface area contributed by atoms with E-state index in [1.54, 1.807) is 12.2 Å². The van der Waals surface area contributed by atoms with Crippen molar-refractivity contribution in [3.63, 3.8) is 0 Å². The van der Waals surface area contributed by atoms with E-state index in [1.165, 1.54) is 0 Å². The number of hydrogen-bond acceptors (Lipinski definition) is 3. The molecule has 0 aromatic carbocycles. The molecule has 0 bridgehead atoms. The first-order chi connectivity index (χ1) is 4.70. The summed E-state index contributed by atoms with van der Waals surface area (Å²) in [5.74, 6) is 0.154. The van der Waals surface area contributed by atoms with Crippen LogP contribution in [0.4, 0.5) is 0 Å². The van der Waals surface area contributed by atoms with Gasteiger partial charge in [-0.05, 0) is 12.2 Å². The van der Waals surface area contributed by atoms with E-state index in [0.29, 0.717) is 17.9 Å². The maximum Gasteiger partial charge on any atom is 0.246 e. The Bertz CT molecular complexity index is 217. The summed E-state index contributed by atoms with van der Waals surface area (Å²) in [5.41, 5.74) is 10.9. The number of rotatable bonds is 1. The van der Waals surface area contributed by atoms with Gasteiger partial charge in [-0.2, -0.15) is 0 Å². The molecule has 54 valence electrons. The van der Waals surface area contributed by atoms with Crippen LogP contribution in [0, 0.1) is 0 Å². The number of dihydropyridines is 1. The molecule has 1 aliphatic rings. The van der Waals surface area contributed by atoms with Crippen LogP contribution in [0.3, 0.4) is 0 Å². The number of carbonyl (C=O) groups is 1. The van der Waals surface area contributed by atoms with Gasteiger partial charge in [0.15, 0.2) is 0 Å². The zero-order valence-electron chi connectivity index (χ0n) is 5.42.